The molecule has 45 heavy (non-hydrogen) atoms. The van der Waals surface area contributed by atoms with Crippen molar-refractivity contribution in [3.05, 3.63) is 109 Å². The van der Waals surface area contributed by atoms with E-state index in [0.717, 1.165) is 46.0 Å². The molecule has 7 nitrogen and oxygen atoms in total. The number of likely N-dealkylation sites (tertiary alicyclic amines) is 1. The number of rotatable bonds is 7. The van der Waals surface area contributed by atoms with Gasteiger partial charge in [0, 0.05) is 62.8 Å². The second-order valence-electron chi connectivity index (χ2n) is 11.9. The summed E-state index contributed by atoms with van der Waals surface area (Å²) in [6, 6.07) is 17.2. The average Bonchev–Trinajstić information content (AvgIpc) is 3.52. The van der Waals surface area contributed by atoms with Crippen LogP contribution in [0.5, 0.6) is 0 Å². The number of anilines is 1. The number of allylic oxidation sites excluding steroid dienone is 1. The Labute approximate surface area is 265 Å². The van der Waals surface area contributed by atoms with E-state index in [1.165, 1.54) is 12.4 Å². The number of hydrogen-bond acceptors (Lipinski definition) is 4. The van der Waals surface area contributed by atoms with Crippen molar-refractivity contribution in [3.8, 4) is 22.3 Å². The lowest BCUT2D eigenvalue weighted by Gasteiger charge is -2.37. The van der Waals surface area contributed by atoms with Crippen molar-refractivity contribution in [1.82, 2.24) is 19.4 Å². The number of carbonyl (C=O) groups is 2. The molecule has 3 aromatic carbocycles. The smallest absolute Gasteiger partial charge is 0.247 e. The highest BCUT2D eigenvalue weighted by atomic mass is 35.5. The lowest BCUT2D eigenvalue weighted by molar-refractivity contribution is -0.140. The third kappa shape index (κ3) is 5.19. The number of nitrogens with one attached hydrogen (secondary N) is 1. The molecule has 3 unspecified atom stereocenters. The van der Waals surface area contributed by atoms with Crippen LogP contribution in [0.2, 0.25) is 5.02 Å². The molecule has 1 saturated heterocycles. The second kappa shape index (κ2) is 11.6. The highest BCUT2D eigenvalue weighted by Gasteiger charge is 2.51. The number of fused-ring (bicyclic) bond motifs is 2. The van der Waals surface area contributed by atoms with E-state index in [1.807, 2.05) is 29.8 Å². The van der Waals surface area contributed by atoms with Crippen LogP contribution in [0, 0.1) is 11.7 Å². The molecule has 1 saturated carbocycles. The van der Waals surface area contributed by atoms with Gasteiger partial charge in [-0.05, 0) is 67.5 Å². The van der Waals surface area contributed by atoms with Gasteiger partial charge in [0.15, 0.2) is 5.82 Å². The first kappa shape index (κ1) is 28.9. The van der Waals surface area contributed by atoms with Gasteiger partial charge in [0.1, 0.15) is 18.9 Å². The normalized spacial score (nSPS) is 18.8. The molecule has 0 radical (unpaired) electrons. The number of aromatic nitrogens is 3. The van der Waals surface area contributed by atoms with Crippen LogP contribution in [-0.4, -0.2) is 43.3 Å². The summed E-state index contributed by atoms with van der Waals surface area (Å²) in [5.74, 6) is -0.835. The Hall–Kier alpha value is -4.82. The molecule has 0 spiro atoms. The maximum Gasteiger partial charge on any atom is 0.247 e. The first-order valence-corrected chi connectivity index (χ1v) is 15.4. The predicted molar refractivity (Wildman–Crippen MR) is 175 cm³/mol. The van der Waals surface area contributed by atoms with E-state index in [4.69, 9.17) is 11.6 Å². The molecule has 5 aromatic rings. The molecule has 2 aliphatic rings. The zero-order valence-electron chi connectivity index (χ0n) is 24.7. The van der Waals surface area contributed by atoms with E-state index in [2.05, 4.69) is 27.9 Å². The van der Waals surface area contributed by atoms with Gasteiger partial charge in [0.2, 0.25) is 11.8 Å². The molecule has 1 aliphatic carbocycles. The van der Waals surface area contributed by atoms with E-state index in [1.54, 1.807) is 53.7 Å². The third-order valence-corrected chi connectivity index (χ3v) is 9.48. The van der Waals surface area contributed by atoms with E-state index < -0.39 is 11.9 Å². The molecular formula is C36H31ClFN5O2. The molecule has 2 aromatic heterocycles. The summed E-state index contributed by atoms with van der Waals surface area (Å²) in [6.07, 6.45) is 9.35. The first-order chi connectivity index (χ1) is 21.8. The second-order valence-corrected chi connectivity index (χ2v) is 12.3. The van der Waals surface area contributed by atoms with Crippen LogP contribution < -0.4 is 5.32 Å². The van der Waals surface area contributed by atoms with Crippen LogP contribution >= 0.6 is 11.6 Å². The third-order valence-electron chi connectivity index (χ3n) is 9.15. The molecule has 1 aliphatic heterocycles. The minimum atomic E-state index is -0.689. The lowest BCUT2D eigenvalue weighted by Crippen LogP contribution is -2.50. The van der Waals surface area contributed by atoms with Crippen LogP contribution in [0.1, 0.15) is 31.7 Å². The molecule has 3 heterocycles. The molecule has 2 amide bonds. The summed E-state index contributed by atoms with van der Waals surface area (Å²) in [5.41, 5.74) is 5.49. The summed E-state index contributed by atoms with van der Waals surface area (Å²) in [7, 11) is 0. The lowest BCUT2D eigenvalue weighted by atomic mass is 9.80. The SMILES string of the molecule is C=C(C)c1cn(CC(=O)N2C(C(=O)Nc3cccc(-c4ccccc4Cl)c3F)CC3CCC32)c2ccc(-c3cncnc3)cc12. The van der Waals surface area contributed by atoms with E-state index >= 15 is 4.39 Å². The molecule has 9 heteroatoms. The summed E-state index contributed by atoms with van der Waals surface area (Å²) < 4.78 is 17.6. The molecule has 7 rings (SSSR count). The summed E-state index contributed by atoms with van der Waals surface area (Å²) in [5, 5.41) is 4.18. The Bertz CT molecular complexity index is 1970. The Morgan fingerprint density at radius 1 is 1.02 bits per heavy atom. The van der Waals surface area contributed by atoms with Gasteiger partial charge in [-0.2, -0.15) is 0 Å². The number of nitrogens with zero attached hydrogens (tertiary/aromatic N) is 4. The van der Waals surface area contributed by atoms with Gasteiger partial charge in [-0.1, -0.05) is 54.6 Å². The standard InChI is InChI=1S/C36H31ClFN5O2/c1-21(2)28-18-42(32-13-10-22(14-27(28)32)24-16-39-20-40-17-24)19-34(44)43-31-12-11-23(31)15-33(43)36(45)41-30-9-5-7-26(35(30)38)25-6-3-4-8-29(25)37/h3-10,13-14,16-18,20,23,31,33H,1,11-12,15,19H2,2H3,(H,41,45). The predicted octanol–water partition coefficient (Wildman–Crippen LogP) is 7.61. The Balaban J connectivity index is 1.16. The number of hydrogen-bond donors (Lipinski definition) is 1. The van der Waals surface area contributed by atoms with Crippen LogP contribution in [0.25, 0.3) is 38.7 Å². The van der Waals surface area contributed by atoms with Crippen LogP contribution in [0.15, 0.2) is 92.2 Å². The van der Waals surface area contributed by atoms with E-state index in [-0.39, 0.29) is 36.0 Å². The molecule has 3 atom stereocenters. The van der Waals surface area contributed by atoms with Gasteiger partial charge in [-0.25, -0.2) is 14.4 Å². The maximum absolute atomic E-state index is 15.7. The van der Waals surface area contributed by atoms with Gasteiger partial charge in [0.25, 0.3) is 0 Å². The van der Waals surface area contributed by atoms with E-state index in [9.17, 15) is 9.59 Å². The zero-order valence-corrected chi connectivity index (χ0v) is 25.5. The van der Waals surface area contributed by atoms with Crippen molar-refractivity contribution in [2.75, 3.05) is 5.32 Å². The number of halogens is 2. The van der Waals surface area contributed by atoms with Crippen molar-refractivity contribution >= 4 is 45.6 Å². The van der Waals surface area contributed by atoms with Crippen LogP contribution in [0.4, 0.5) is 10.1 Å². The first-order valence-electron chi connectivity index (χ1n) is 15.0. The fourth-order valence-corrected chi connectivity index (χ4v) is 7.01. The maximum atomic E-state index is 15.7. The zero-order chi connectivity index (χ0) is 31.2. The average molecular weight is 620 g/mol. The fraction of sp³-hybridized carbons (Fsp3) is 0.222. The largest absolute Gasteiger partial charge is 0.337 e. The Morgan fingerprint density at radius 2 is 1.80 bits per heavy atom. The number of benzene rings is 3. The monoisotopic (exact) mass is 619 g/mol. The van der Waals surface area contributed by atoms with Crippen LogP contribution in [0.3, 0.4) is 0 Å². The minimum Gasteiger partial charge on any atom is -0.337 e. The van der Waals surface area contributed by atoms with Crippen molar-refractivity contribution in [1.29, 1.82) is 0 Å². The van der Waals surface area contributed by atoms with Crippen molar-refractivity contribution < 1.29 is 14.0 Å². The van der Waals surface area contributed by atoms with Crippen LogP contribution in [-0.2, 0) is 16.1 Å². The van der Waals surface area contributed by atoms with Gasteiger partial charge in [-0.3, -0.25) is 9.59 Å². The quantitative estimate of drug-likeness (QED) is 0.203. The topological polar surface area (TPSA) is 80.1 Å². The number of carbonyl (C=O) groups excluding carboxylic acids is 2. The summed E-state index contributed by atoms with van der Waals surface area (Å²) in [4.78, 5) is 37.8. The van der Waals surface area contributed by atoms with Crippen molar-refractivity contribution in [3.63, 3.8) is 0 Å². The molecule has 226 valence electrons. The van der Waals surface area contributed by atoms with Crippen molar-refractivity contribution in [2.24, 2.45) is 5.92 Å². The molecular weight excluding hydrogens is 589 g/mol. The Kier molecular flexibility index (Phi) is 7.45. The molecule has 0 bridgehead atoms. The minimum absolute atomic E-state index is 0.000299. The Morgan fingerprint density at radius 3 is 2.53 bits per heavy atom. The van der Waals surface area contributed by atoms with Gasteiger partial charge >= 0.3 is 0 Å². The van der Waals surface area contributed by atoms with Gasteiger partial charge in [0.05, 0.1) is 5.69 Å². The van der Waals surface area contributed by atoms with Crippen molar-refractivity contribution in [2.45, 2.75) is 44.8 Å². The highest BCUT2D eigenvalue weighted by molar-refractivity contribution is 6.33. The summed E-state index contributed by atoms with van der Waals surface area (Å²) >= 11 is 6.33. The molecule has 2 fully saturated rings. The fourth-order valence-electron chi connectivity index (χ4n) is 6.77. The molecule has 1 N–H and O–H groups in total. The number of amides is 2. The van der Waals surface area contributed by atoms with Gasteiger partial charge < -0.3 is 14.8 Å². The van der Waals surface area contributed by atoms with E-state index in [0.29, 0.717) is 22.6 Å². The summed E-state index contributed by atoms with van der Waals surface area (Å²) in [6.45, 7) is 6.18. The van der Waals surface area contributed by atoms with Gasteiger partial charge in [-0.15, -0.1) is 0 Å². The highest BCUT2D eigenvalue weighted by Crippen LogP contribution is 2.44.